The summed E-state index contributed by atoms with van der Waals surface area (Å²) in [5.74, 6) is -0.530. The molecule has 1 atom stereocenters. The van der Waals surface area contributed by atoms with Gasteiger partial charge in [-0.2, -0.15) is 0 Å². The zero-order chi connectivity index (χ0) is 13.8. The largest absolute Gasteiger partial charge is 0.317 e. The van der Waals surface area contributed by atoms with Crippen molar-refractivity contribution in [1.29, 1.82) is 0 Å². The molecule has 102 valence electrons. The summed E-state index contributed by atoms with van der Waals surface area (Å²) in [5.41, 5.74) is 0.496. The van der Waals surface area contributed by atoms with Crippen molar-refractivity contribution in [2.45, 2.75) is 37.1 Å². The number of primary sulfonamides is 1. The van der Waals surface area contributed by atoms with E-state index in [1.54, 1.807) is 0 Å². The molecule has 0 saturated heterocycles. The second-order valence-corrected chi connectivity index (χ2v) is 5.84. The summed E-state index contributed by atoms with van der Waals surface area (Å²) in [6.07, 6.45) is 2.47. The highest BCUT2D eigenvalue weighted by atomic mass is 32.2. The Balaban J connectivity index is 2.92. The third kappa shape index (κ3) is 4.04. The lowest BCUT2D eigenvalue weighted by Crippen LogP contribution is -2.27. The van der Waals surface area contributed by atoms with E-state index in [-0.39, 0.29) is 10.9 Å². The average molecular weight is 274 g/mol. The molecule has 0 bridgehead atoms. The van der Waals surface area contributed by atoms with Crippen molar-refractivity contribution in [3.05, 3.63) is 29.6 Å². The second kappa shape index (κ2) is 6.26. The van der Waals surface area contributed by atoms with Gasteiger partial charge in [0.1, 0.15) is 5.82 Å². The number of hydrogen-bond donors (Lipinski definition) is 2. The first-order chi connectivity index (χ1) is 8.38. The monoisotopic (exact) mass is 274 g/mol. The maximum atomic E-state index is 13.8. The molecule has 4 nitrogen and oxygen atoms in total. The number of hydrogen-bond acceptors (Lipinski definition) is 3. The summed E-state index contributed by atoms with van der Waals surface area (Å²) in [5, 5.41) is 8.06. The minimum atomic E-state index is -3.84. The summed E-state index contributed by atoms with van der Waals surface area (Å²) in [6, 6.07) is 3.98. The Kier molecular flexibility index (Phi) is 5.25. The van der Waals surface area contributed by atoms with E-state index < -0.39 is 15.8 Å². The van der Waals surface area contributed by atoms with Crippen LogP contribution in [0.15, 0.2) is 23.1 Å². The lowest BCUT2D eigenvalue weighted by molar-refractivity contribution is 0.498. The van der Waals surface area contributed by atoms with Crippen molar-refractivity contribution in [2.75, 3.05) is 7.05 Å². The topological polar surface area (TPSA) is 72.2 Å². The fourth-order valence-corrected chi connectivity index (χ4v) is 2.36. The van der Waals surface area contributed by atoms with Gasteiger partial charge in [-0.1, -0.05) is 19.4 Å². The Hall–Kier alpha value is -0.980. The van der Waals surface area contributed by atoms with E-state index in [0.717, 1.165) is 18.9 Å². The van der Waals surface area contributed by atoms with Crippen LogP contribution in [0, 0.1) is 5.82 Å². The molecule has 0 saturated carbocycles. The molecule has 0 aliphatic rings. The average Bonchev–Trinajstić information content (AvgIpc) is 2.29. The third-order valence-electron chi connectivity index (χ3n) is 2.86. The number of sulfonamides is 1. The van der Waals surface area contributed by atoms with Gasteiger partial charge in [-0.05, 0) is 37.6 Å². The van der Waals surface area contributed by atoms with Gasteiger partial charge in [-0.15, -0.1) is 0 Å². The molecule has 0 amide bonds. The highest BCUT2D eigenvalue weighted by molar-refractivity contribution is 7.89. The molecule has 0 aliphatic heterocycles. The predicted octanol–water partition coefficient (Wildman–Crippen LogP) is 1.40. The van der Waals surface area contributed by atoms with Crippen LogP contribution < -0.4 is 10.5 Å². The van der Waals surface area contributed by atoms with Gasteiger partial charge in [0.05, 0.1) is 4.90 Å². The van der Waals surface area contributed by atoms with E-state index in [9.17, 15) is 12.8 Å². The zero-order valence-corrected chi connectivity index (χ0v) is 11.4. The normalized spacial score (nSPS) is 13.6. The number of nitrogens with two attached hydrogens (primary N) is 1. The Labute approximate surface area is 107 Å². The van der Waals surface area contributed by atoms with E-state index >= 15 is 0 Å². The molecule has 18 heavy (non-hydrogen) atoms. The van der Waals surface area contributed by atoms with Crippen molar-refractivity contribution >= 4 is 10.0 Å². The van der Waals surface area contributed by atoms with Gasteiger partial charge in [0.25, 0.3) is 0 Å². The summed E-state index contributed by atoms with van der Waals surface area (Å²) >= 11 is 0. The number of rotatable bonds is 6. The highest BCUT2D eigenvalue weighted by Crippen LogP contribution is 2.16. The van der Waals surface area contributed by atoms with E-state index in [1.165, 1.54) is 12.1 Å². The molecular formula is C12H19FN2O2S. The standard InChI is InChI=1S/C12H19FN2O2S/c1-3-4-10(15-2)7-9-5-6-11(8-12(9)13)18(14,16)17/h5-6,8,10,15H,3-4,7H2,1-2H3,(H2,14,16,17). The van der Waals surface area contributed by atoms with Crippen LogP contribution in [0.3, 0.4) is 0 Å². The number of likely N-dealkylation sites (N-methyl/N-ethyl adjacent to an activating group) is 1. The molecule has 1 aromatic rings. The lowest BCUT2D eigenvalue weighted by Gasteiger charge is -2.15. The first-order valence-electron chi connectivity index (χ1n) is 5.87. The SMILES string of the molecule is CCCC(Cc1ccc(S(N)(=O)=O)cc1F)NC. The van der Waals surface area contributed by atoms with E-state index in [1.807, 2.05) is 7.05 Å². The molecule has 1 aromatic carbocycles. The van der Waals surface area contributed by atoms with Crippen molar-refractivity contribution < 1.29 is 12.8 Å². The zero-order valence-electron chi connectivity index (χ0n) is 10.6. The number of benzene rings is 1. The van der Waals surface area contributed by atoms with Crippen LogP contribution in [-0.4, -0.2) is 21.5 Å². The van der Waals surface area contributed by atoms with Crippen LogP contribution in [0.1, 0.15) is 25.3 Å². The molecular weight excluding hydrogens is 255 g/mol. The Morgan fingerprint density at radius 1 is 1.44 bits per heavy atom. The molecule has 0 spiro atoms. The van der Waals surface area contributed by atoms with Crippen molar-refractivity contribution in [3.63, 3.8) is 0 Å². The van der Waals surface area contributed by atoms with Crippen molar-refractivity contribution in [1.82, 2.24) is 5.32 Å². The van der Waals surface area contributed by atoms with Crippen molar-refractivity contribution in [2.24, 2.45) is 5.14 Å². The van der Waals surface area contributed by atoms with Crippen LogP contribution in [-0.2, 0) is 16.4 Å². The van der Waals surface area contributed by atoms with Crippen LogP contribution in [0.2, 0.25) is 0 Å². The van der Waals surface area contributed by atoms with Crippen LogP contribution in [0.25, 0.3) is 0 Å². The first kappa shape index (κ1) is 15.1. The summed E-state index contributed by atoms with van der Waals surface area (Å²) in [7, 11) is -2.01. The maximum Gasteiger partial charge on any atom is 0.238 e. The van der Waals surface area contributed by atoms with Crippen LogP contribution in [0.5, 0.6) is 0 Å². The Morgan fingerprint density at radius 2 is 2.11 bits per heavy atom. The summed E-state index contributed by atoms with van der Waals surface area (Å²) in [4.78, 5) is -0.194. The fourth-order valence-electron chi connectivity index (χ4n) is 1.83. The maximum absolute atomic E-state index is 13.8. The third-order valence-corrected chi connectivity index (χ3v) is 3.78. The van der Waals surface area contributed by atoms with Crippen LogP contribution >= 0.6 is 0 Å². The van der Waals surface area contributed by atoms with E-state index in [4.69, 9.17) is 5.14 Å². The Morgan fingerprint density at radius 3 is 2.56 bits per heavy atom. The van der Waals surface area contributed by atoms with Gasteiger partial charge in [-0.25, -0.2) is 17.9 Å². The minimum Gasteiger partial charge on any atom is -0.317 e. The Bertz CT molecular complexity index is 503. The van der Waals surface area contributed by atoms with Gasteiger partial charge < -0.3 is 5.32 Å². The molecule has 3 N–H and O–H groups in total. The summed E-state index contributed by atoms with van der Waals surface area (Å²) in [6.45, 7) is 2.06. The molecule has 0 aromatic heterocycles. The summed E-state index contributed by atoms with van der Waals surface area (Å²) < 4.78 is 35.9. The minimum absolute atomic E-state index is 0.185. The fraction of sp³-hybridized carbons (Fsp3) is 0.500. The number of nitrogens with one attached hydrogen (secondary N) is 1. The quantitative estimate of drug-likeness (QED) is 0.823. The van der Waals surface area contributed by atoms with Gasteiger partial charge in [0.2, 0.25) is 10.0 Å². The van der Waals surface area contributed by atoms with Crippen molar-refractivity contribution in [3.8, 4) is 0 Å². The smallest absolute Gasteiger partial charge is 0.238 e. The molecule has 1 unspecified atom stereocenters. The number of halogens is 1. The molecule has 1 rings (SSSR count). The van der Waals surface area contributed by atoms with Gasteiger partial charge in [0, 0.05) is 6.04 Å². The van der Waals surface area contributed by atoms with E-state index in [0.29, 0.717) is 12.0 Å². The molecule has 6 heteroatoms. The molecule has 0 radical (unpaired) electrons. The van der Waals surface area contributed by atoms with E-state index in [2.05, 4.69) is 12.2 Å². The van der Waals surface area contributed by atoms with Gasteiger partial charge in [-0.3, -0.25) is 0 Å². The highest BCUT2D eigenvalue weighted by Gasteiger charge is 2.14. The molecule has 0 aliphatic carbocycles. The molecule has 0 fully saturated rings. The first-order valence-corrected chi connectivity index (χ1v) is 7.41. The van der Waals surface area contributed by atoms with Gasteiger partial charge in [0.15, 0.2) is 0 Å². The predicted molar refractivity (Wildman–Crippen MR) is 69.2 cm³/mol. The van der Waals surface area contributed by atoms with Crippen LogP contribution in [0.4, 0.5) is 4.39 Å². The second-order valence-electron chi connectivity index (χ2n) is 4.28. The van der Waals surface area contributed by atoms with Gasteiger partial charge >= 0.3 is 0 Å². The lowest BCUT2D eigenvalue weighted by atomic mass is 10.0. The molecule has 0 heterocycles.